The molecular formula is C18H26O2. The molecule has 1 unspecified atom stereocenters. The Labute approximate surface area is 122 Å². The van der Waals surface area contributed by atoms with Gasteiger partial charge in [-0.05, 0) is 30.7 Å². The lowest BCUT2D eigenvalue weighted by molar-refractivity contribution is 0.00961. The van der Waals surface area contributed by atoms with Crippen molar-refractivity contribution < 1.29 is 9.84 Å². The lowest BCUT2D eigenvalue weighted by Gasteiger charge is -2.36. The number of aliphatic hydroxyl groups is 1. The molecule has 1 aliphatic heterocycles. The van der Waals surface area contributed by atoms with Crippen LogP contribution in [0.4, 0.5) is 0 Å². The van der Waals surface area contributed by atoms with Crippen LogP contribution in [0.15, 0.2) is 18.2 Å². The Hall–Kier alpha value is -1.02. The standard InChI is InChI=1S/C18H26O2/c1-13(2)12-18(9-3-4-10-18)17(19)15-7-5-6-14-8-11-20-16(14)15/h5-7,13,17,19H,3-4,8-12H2,1-2H3. The Morgan fingerprint density at radius 1 is 1.25 bits per heavy atom. The van der Waals surface area contributed by atoms with Gasteiger partial charge in [0.25, 0.3) is 0 Å². The molecule has 1 N–H and O–H groups in total. The lowest BCUT2D eigenvalue weighted by atomic mass is 9.71. The SMILES string of the molecule is CC(C)CC1(C(O)c2cccc3c2OCC3)CCCC1. The summed E-state index contributed by atoms with van der Waals surface area (Å²) in [5, 5.41) is 11.1. The number of rotatable bonds is 4. The molecule has 1 fully saturated rings. The van der Waals surface area contributed by atoms with Crippen LogP contribution in [0.25, 0.3) is 0 Å². The van der Waals surface area contributed by atoms with Crippen molar-refractivity contribution in [2.75, 3.05) is 6.61 Å². The largest absolute Gasteiger partial charge is 0.493 e. The third-order valence-electron chi connectivity index (χ3n) is 5.03. The van der Waals surface area contributed by atoms with Crippen molar-refractivity contribution in [3.63, 3.8) is 0 Å². The van der Waals surface area contributed by atoms with Crippen LogP contribution < -0.4 is 4.74 Å². The summed E-state index contributed by atoms with van der Waals surface area (Å²) in [6.45, 7) is 5.29. The Morgan fingerprint density at radius 3 is 2.70 bits per heavy atom. The van der Waals surface area contributed by atoms with Gasteiger partial charge in [0.05, 0.1) is 12.7 Å². The van der Waals surface area contributed by atoms with Crippen LogP contribution in [-0.4, -0.2) is 11.7 Å². The molecular weight excluding hydrogens is 248 g/mol. The highest BCUT2D eigenvalue weighted by Gasteiger charge is 2.43. The van der Waals surface area contributed by atoms with Crippen LogP contribution in [0.1, 0.15) is 63.2 Å². The van der Waals surface area contributed by atoms with E-state index in [0.29, 0.717) is 5.92 Å². The monoisotopic (exact) mass is 274 g/mol. The smallest absolute Gasteiger partial charge is 0.128 e. The van der Waals surface area contributed by atoms with Crippen molar-refractivity contribution in [3.8, 4) is 5.75 Å². The minimum atomic E-state index is -0.375. The van der Waals surface area contributed by atoms with Gasteiger partial charge < -0.3 is 9.84 Å². The second-order valence-electron chi connectivity index (χ2n) is 7.00. The zero-order valence-corrected chi connectivity index (χ0v) is 12.7. The number of aliphatic hydroxyl groups excluding tert-OH is 1. The highest BCUT2D eigenvalue weighted by molar-refractivity contribution is 5.45. The van der Waals surface area contributed by atoms with E-state index in [4.69, 9.17) is 4.74 Å². The number of fused-ring (bicyclic) bond motifs is 1. The maximum absolute atomic E-state index is 11.1. The minimum absolute atomic E-state index is 0.0647. The summed E-state index contributed by atoms with van der Waals surface area (Å²) in [6, 6.07) is 6.27. The van der Waals surface area contributed by atoms with Gasteiger partial charge in [0.2, 0.25) is 0 Å². The Morgan fingerprint density at radius 2 is 2.00 bits per heavy atom. The average Bonchev–Trinajstić information content (AvgIpc) is 3.05. The van der Waals surface area contributed by atoms with Crippen LogP contribution >= 0.6 is 0 Å². The molecule has 2 aliphatic rings. The molecule has 1 aromatic carbocycles. The molecule has 0 bridgehead atoms. The summed E-state index contributed by atoms with van der Waals surface area (Å²) in [5.41, 5.74) is 2.36. The van der Waals surface area contributed by atoms with Crippen molar-refractivity contribution in [1.29, 1.82) is 0 Å². The summed E-state index contributed by atoms with van der Waals surface area (Å²) < 4.78 is 5.80. The topological polar surface area (TPSA) is 29.5 Å². The molecule has 0 saturated heterocycles. The highest BCUT2D eigenvalue weighted by atomic mass is 16.5. The second kappa shape index (κ2) is 5.40. The molecule has 1 aromatic rings. The summed E-state index contributed by atoms with van der Waals surface area (Å²) in [6.07, 6.45) is 6.51. The van der Waals surface area contributed by atoms with Crippen molar-refractivity contribution in [2.24, 2.45) is 11.3 Å². The molecule has 1 atom stereocenters. The molecule has 2 nitrogen and oxygen atoms in total. The molecule has 0 radical (unpaired) electrons. The van der Waals surface area contributed by atoms with E-state index < -0.39 is 0 Å². The van der Waals surface area contributed by atoms with Crippen LogP contribution in [0, 0.1) is 11.3 Å². The molecule has 2 heteroatoms. The molecule has 3 rings (SSSR count). The first-order valence-electron chi connectivity index (χ1n) is 8.05. The molecule has 0 amide bonds. The number of para-hydroxylation sites is 1. The van der Waals surface area contributed by atoms with Gasteiger partial charge in [-0.15, -0.1) is 0 Å². The zero-order chi connectivity index (χ0) is 14.2. The first kappa shape index (κ1) is 13.9. The molecule has 1 heterocycles. The van der Waals surface area contributed by atoms with Crippen molar-refractivity contribution in [2.45, 2.75) is 58.5 Å². The Balaban J connectivity index is 1.94. The summed E-state index contributed by atoms with van der Waals surface area (Å²) >= 11 is 0. The maximum atomic E-state index is 11.1. The molecule has 20 heavy (non-hydrogen) atoms. The summed E-state index contributed by atoms with van der Waals surface area (Å²) in [5.74, 6) is 1.59. The third kappa shape index (κ3) is 2.35. The lowest BCUT2D eigenvalue weighted by Crippen LogP contribution is -2.28. The van der Waals surface area contributed by atoms with Crippen LogP contribution in [0.2, 0.25) is 0 Å². The second-order valence-corrected chi connectivity index (χ2v) is 7.00. The van der Waals surface area contributed by atoms with Crippen LogP contribution in [-0.2, 0) is 6.42 Å². The summed E-state index contributed by atoms with van der Waals surface area (Å²) in [7, 11) is 0. The van der Waals surface area contributed by atoms with E-state index in [1.807, 2.05) is 0 Å². The number of ether oxygens (including phenoxy) is 1. The Kier molecular flexibility index (Phi) is 3.76. The van der Waals surface area contributed by atoms with Gasteiger partial charge in [-0.25, -0.2) is 0 Å². The van der Waals surface area contributed by atoms with Gasteiger partial charge in [0.15, 0.2) is 0 Å². The average molecular weight is 274 g/mol. The predicted octanol–water partition coefficient (Wildman–Crippen LogP) is 4.26. The van der Waals surface area contributed by atoms with Crippen molar-refractivity contribution >= 4 is 0 Å². The van der Waals surface area contributed by atoms with Gasteiger partial charge in [0, 0.05) is 17.4 Å². The van der Waals surface area contributed by atoms with E-state index in [0.717, 1.165) is 43.6 Å². The fraction of sp³-hybridized carbons (Fsp3) is 0.667. The molecule has 0 spiro atoms. The molecule has 1 saturated carbocycles. The quantitative estimate of drug-likeness (QED) is 0.889. The molecule has 110 valence electrons. The van der Waals surface area contributed by atoms with E-state index in [2.05, 4.69) is 32.0 Å². The van der Waals surface area contributed by atoms with E-state index in [1.54, 1.807) is 0 Å². The summed E-state index contributed by atoms with van der Waals surface area (Å²) in [4.78, 5) is 0. The van der Waals surface area contributed by atoms with Crippen LogP contribution in [0.5, 0.6) is 5.75 Å². The van der Waals surface area contributed by atoms with Crippen LogP contribution in [0.3, 0.4) is 0 Å². The van der Waals surface area contributed by atoms with Crippen molar-refractivity contribution in [3.05, 3.63) is 29.3 Å². The van der Waals surface area contributed by atoms with E-state index in [9.17, 15) is 5.11 Å². The van der Waals surface area contributed by atoms with Gasteiger partial charge in [0.1, 0.15) is 5.75 Å². The fourth-order valence-electron chi connectivity index (χ4n) is 4.27. The highest BCUT2D eigenvalue weighted by Crippen LogP contribution is 2.53. The first-order valence-corrected chi connectivity index (χ1v) is 8.05. The number of hydrogen-bond donors (Lipinski definition) is 1. The zero-order valence-electron chi connectivity index (χ0n) is 12.7. The molecule has 1 aliphatic carbocycles. The van der Waals surface area contributed by atoms with Gasteiger partial charge in [-0.2, -0.15) is 0 Å². The number of hydrogen-bond acceptors (Lipinski definition) is 2. The third-order valence-corrected chi connectivity index (χ3v) is 5.03. The minimum Gasteiger partial charge on any atom is -0.493 e. The number of benzene rings is 1. The van der Waals surface area contributed by atoms with Gasteiger partial charge in [-0.1, -0.05) is 44.9 Å². The van der Waals surface area contributed by atoms with Gasteiger partial charge in [-0.3, -0.25) is 0 Å². The fourth-order valence-corrected chi connectivity index (χ4v) is 4.27. The van der Waals surface area contributed by atoms with E-state index >= 15 is 0 Å². The Bertz CT molecular complexity index is 472. The van der Waals surface area contributed by atoms with E-state index in [1.165, 1.54) is 18.4 Å². The predicted molar refractivity (Wildman–Crippen MR) is 81.0 cm³/mol. The maximum Gasteiger partial charge on any atom is 0.128 e. The van der Waals surface area contributed by atoms with Gasteiger partial charge >= 0.3 is 0 Å². The first-order chi connectivity index (χ1) is 9.62. The van der Waals surface area contributed by atoms with E-state index in [-0.39, 0.29) is 11.5 Å². The van der Waals surface area contributed by atoms with Crippen molar-refractivity contribution in [1.82, 2.24) is 0 Å². The molecule has 0 aromatic heterocycles. The normalized spacial score (nSPS) is 21.8.